The Balaban J connectivity index is 3.22. The molecule has 1 aromatic rings. The lowest BCUT2D eigenvalue weighted by molar-refractivity contribution is -0.114. The molecule has 0 saturated heterocycles. The van der Waals surface area contributed by atoms with Crippen LogP contribution in [-0.2, 0) is 16.1 Å². The van der Waals surface area contributed by atoms with E-state index in [9.17, 15) is 4.79 Å². The van der Waals surface area contributed by atoms with E-state index in [1.165, 1.54) is 5.56 Å². The molecule has 2 atom stereocenters. The molecule has 0 fully saturated rings. The van der Waals surface area contributed by atoms with Gasteiger partial charge in [0.05, 0.1) is 5.60 Å². The first-order valence-corrected chi connectivity index (χ1v) is 10.7. The Kier molecular flexibility index (Phi) is 10.1. The highest BCUT2D eigenvalue weighted by Gasteiger charge is 2.40. The summed E-state index contributed by atoms with van der Waals surface area (Å²) in [6, 6.07) is 2.17. The van der Waals surface area contributed by atoms with Crippen LogP contribution < -0.4 is 5.73 Å². The summed E-state index contributed by atoms with van der Waals surface area (Å²) in [5.74, 6) is -0.190. The minimum Gasteiger partial charge on any atom is -0.373 e. The Labute approximate surface area is 174 Å². The first kappa shape index (κ1) is 24.6. The molecule has 1 heterocycles. The summed E-state index contributed by atoms with van der Waals surface area (Å²) >= 11 is 1.72. The average molecular weight is 408 g/mol. The second-order valence-corrected chi connectivity index (χ2v) is 8.45. The third-order valence-corrected chi connectivity index (χ3v) is 6.07. The quantitative estimate of drug-likeness (QED) is 0.425. The first-order valence-electron chi connectivity index (χ1n) is 9.74. The van der Waals surface area contributed by atoms with Gasteiger partial charge in [0.2, 0.25) is 5.91 Å². The number of hydrogen-bond acceptors (Lipinski definition) is 5. The summed E-state index contributed by atoms with van der Waals surface area (Å²) in [7, 11) is 8.09. The number of carbonyl (C=O) groups is 1. The molecule has 2 unspecified atom stereocenters. The predicted molar refractivity (Wildman–Crippen MR) is 119 cm³/mol. The molecule has 0 aromatic carbocycles. The van der Waals surface area contributed by atoms with E-state index in [0.717, 1.165) is 31.6 Å². The van der Waals surface area contributed by atoms with E-state index in [4.69, 9.17) is 10.5 Å². The number of thiophene rings is 1. The van der Waals surface area contributed by atoms with E-state index in [1.54, 1.807) is 24.5 Å². The number of methoxy groups -OCH3 is 1. The molecule has 2 N–H and O–H groups in total. The van der Waals surface area contributed by atoms with Crippen molar-refractivity contribution in [2.45, 2.75) is 39.3 Å². The third kappa shape index (κ3) is 6.55. The summed E-state index contributed by atoms with van der Waals surface area (Å²) in [6.45, 7) is 8.67. The number of primary amides is 1. The van der Waals surface area contributed by atoms with Gasteiger partial charge in [-0.15, -0.1) is 0 Å². The number of amides is 1. The Morgan fingerprint density at radius 3 is 2.46 bits per heavy atom. The molecule has 158 valence electrons. The topological polar surface area (TPSA) is 58.8 Å². The highest BCUT2D eigenvalue weighted by Crippen LogP contribution is 2.35. The molecule has 0 aliphatic heterocycles. The lowest BCUT2D eigenvalue weighted by atomic mass is 9.77. The van der Waals surface area contributed by atoms with Gasteiger partial charge in [-0.1, -0.05) is 13.0 Å². The Hall–Kier alpha value is -1.47. The van der Waals surface area contributed by atoms with Crippen LogP contribution in [0.25, 0.3) is 0 Å². The maximum Gasteiger partial charge on any atom is 0.248 e. The molecule has 1 rings (SSSR count). The zero-order valence-electron chi connectivity index (χ0n) is 18.5. The minimum absolute atomic E-state index is 0.225. The van der Waals surface area contributed by atoms with Crippen molar-refractivity contribution < 1.29 is 9.53 Å². The smallest absolute Gasteiger partial charge is 0.248 e. The van der Waals surface area contributed by atoms with Crippen LogP contribution in [0.5, 0.6) is 0 Å². The molecule has 0 aliphatic carbocycles. The second kappa shape index (κ2) is 11.5. The van der Waals surface area contributed by atoms with Crippen molar-refractivity contribution in [2.24, 2.45) is 11.7 Å². The van der Waals surface area contributed by atoms with Crippen LogP contribution in [0.15, 0.2) is 40.1 Å². The van der Waals surface area contributed by atoms with E-state index in [2.05, 4.69) is 54.7 Å². The average Bonchev–Trinajstić information content (AvgIpc) is 3.13. The molecule has 5 nitrogen and oxygen atoms in total. The summed E-state index contributed by atoms with van der Waals surface area (Å²) in [5.41, 5.74) is 7.92. The summed E-state index contributed by atoms with van der Waals surface area (Å²) in [4.78, 5) is 16.3. The fraction of sp³-hybridized carbons (Fsp3) is 0.591. The van der Waals surface area contributed by atoms with Crippen LogP contribution in [0.3, 0.4) is 0 Å². The SMILES string of the molecule is C/C=C(\C=C(/C)C(CC)(OC)C(CN(C)C)CN(C)Cc1ccsc1)C(N)=O. The highest BCUT2D eigenvalue weighted by molar-refractivity contribution is 7.07. The first-order chi connectivity index (χ1) is 13.2. The van der Waals surface area contributed by atoms with Crippen LogP contribution >= 0.6 is 11.3 Å². The minimum atomic E-state index is -0.475. The number of nitrogens with two attached hydrogens (primary N) is 1. The van der Waals surface area contributed by atoms with Crippen LogP contribution in [0, 0.1) is 5.92 Å². The van der Waals surface area contributed by atoms with E-state index < -0.39 is 11.5 Å². The molecule has 6 heteroatoms. The molecular formula is C22H37N3O2S. The monoisotopic (exact) mass is 407 g/mol. The molecule has 1 amide bonds. The van der Waals surface area contributed by atoms with Crippen molar-refractivity contribution in [3.05, 3.63) is 45.7 Å². The van der Waals surface area contributed by atoms with E-state index >= 15 is 0 Å². The lowest BCUT2D eigenvalue weighted by Gasteiger charge is -2.43. The van der Waals surface area contributed by atoms with Gasteiger partial charge in [0.1, 0.15) is 0 Å². The van der Waals surface area contributed by atoms with Crippen molar-refractivity contribution in [3.8, 4) is 0 Å². The number of allylic oxidation sites excluding steroid dienone is 1. The van der Waals surface area contributed by atoms with E-state index in [0.29, 0.717) is 5.57 Å². The van der Waals surface area contributed by atoms with Crippen molar-refractivity contribution in [1.29, 1.82) is 0 Å². The van der Waals surface area contributed by atoms with Gasteiger partial charge in [0.15, 0.2) is 0 Å². The van der Waals surface area contributed by atoms with Crippen LogP contribution in [0.1, 0.15) is 32.8 Å². The van der Waals surface area contributed by atoms with Gasteiger partial charge in [-0.05, 0) is 75.5 Å². The Morgan fingerprint density at radius 2 is 2.04 bits per heavy atom. The Bertz CT molecular complexity index is 661. The fourth-order valence-corrected chi connectivity index (χ4v) is 4.60. The van der Waals surface area contributed by atoms with Crippen molar-refractivity contribution >= 4 is 17.2 Å². The van der Waals surface area contributed by atoms with E-state index in [1.807, 2.05) is 19.9 Å². The van der Waals surface area contributed by atoms with Gasteiger partial charge in [0.25, 0.3) is 0 Å². The molecule has 0 bridgehead atoms. The number of nitrogens with zero attached hydrogens (tertiary/aromatic N) is 2. The zero-order valence-corrected chi connectivity index (χ0v) is 19.3. The van der Waals surface area contributed by atoms with Crippen molar-refractivity contribution in [2.75, 3.05) is 41.3 Å². The summed E-state index contributed by atoms with van der Waals surface area (Å²) in [6.07, 6.45) is 4.45. The maximum atomic E-state index is 11.7. The largest absolute Gasteiger partial charge is 0.373 e. The van der Waals surface area contributed by atoms with Crippen LogP contribution in [-0.4, -0.2) is 62.7 Å². The number of hydrogen-bond donors (Lipinski definition) is 1. The number of rotatable bonds is 12. The second-order valence-electron chi connectivity index (χ2n) is 7.67. The van der Waals surface area contributed by atoms with Crippen LogP contribution in [0.2, 0.25) is 0 Å². The molecule has 28 heavy (non-hydrogen) atoms. The third-order valence-electron chi connectivity index (χ3n) is 5.33. The highest BCUT2D eigenvalue weighted by atomic mass is 32.1. The van der Waals surface area contributed by atoms with E-state index in [-0.39, 0.29) is 5.92 Å². The van der Waals surface area contributed by atoms with Crippen LogP contribution in [0.4, 0.5) is 0 Å². The molecule has 1 aromatic heterocycles. The summed E-state index contributed by atoms with van der Waals surface area (Å²) < 4.78 is 6.17. The van der Waals surface area contributed by atoms with Gasteiger partial charge >= 0.3 is 0 Å². The maximum absolute atomic E-state index is 11.7. The molecule has 0 saturated carbocycles. The molecule has 0 aliphatic rings. The van der Waals surface area contributed by atoms with Gasteiger partial charge in [0, 0.05) is 38.2 Å². The molecule has 0 spiro atoms. The zero-order chi connectivity index (χ0) is 21.3. The summed E-state index contributed by atoms with van der Waals surface area (Å²) in [5, 5.41) is 4.30. The normalized spacial score (nSPS) is 16.5. The number of carbonyl (C=O) groups excluding carboxylic acids is 1. The molecular weight excluding hydrogens is 370 g/mol. The van der Waals surface area contributed by atoms with Gasteiger partial charge in [-0.3, -0.25) is 4.79 Å². The molecule has 0 radical (unpaired) electrons. The number of ether oxygens (including phenoxy) is 1. The predicted octanol–water partition coefficient (Wildman–Crippen LogP) is 3.53. The van der Waals surface area contributed by atoms with Crippen molar-refractivity contribution in [1.82, 2.24) is 9.80 Å². The lowest BCUT2D eigenvalue weighted by Crippen LogP contribution is -2.50. The fourth-order valence-electron chi connectivity index (χ4n) is 3.94. The Morgan fingerprint density at radius 1 is 1.36 bits per heavy atom. The van der Waals surface area contributed by atoms with Gasteiger partial charge < -0.3 is 20.3 Å². The van der Waals surface area contributed by atoms with Crippen molar-refractivity contribution in [3.63, 3.8) is 0 Å². The van der Waals surface area contributed by atoms with Gasteiger partial charge in [-0.25, -0.2) is 0 Å². The standard InChI is InChI=1S/C22H37N3O2S/c1-8-19(21(23)26)12-17(3)22(9-2,27-7)20(14-24(4)5)15-25(6)13-18-10-11-28-16-18/h8,10-12,16,20H,9,13-15H2,1-7H3,(H2,23,26)/b17-12+,19-8+. The van der Waals surface area contributed by atoms with Gasteiger partial charge in [-0.2, -0.15) is 11.3 Å².